The fourth-order valence-corrected chi connectivity index (χ4v) is 3.67. The van der Waals surface area contributed by atoms with Crippen molar-refractivity contribution in [2.45, 2.75) is 12.5 Å². The Bertz CT molecular complexity index is 1120. The molecular weight excluding hydrogens is 400 g/mol. The number of benzene rings is 3. The van der Waals surface area contributed by atoms with Gasteiger partial charge in [-0.05, 0) is 35.9 Å². The average Bonchev–Trinajstić information content (AvgIpc) is 3.20. The molecule has 30 heavy (non-hydrogen) atoms. The van der Waals surface area contributed by atoms with Gasteiger partial charge in [0.1, 0.15) is 5.71 Å². The third-order valence-electron chi connectivity index (χ3n) is 4.87. The summed E-state index contributed by atoms with van der Waals surface area (Å²) < 4.78 is 0. The lowest BCUT2D eigenvalue weighted by atomic mass is 10.0. The van der Waals surface area contributed by atoms with Crippen LogP contribution < -0.4 is 16.1 Å². The molecule has 0 aliphatic carbocycles. The molecule has 1 atom stereocenters. The molecule has 0 radical (unpaired) electrons. The number of hydrogen-bond acceptors (Lipinski definition) is 4. The second-order valence-electron chi connectivity index (χ2n) is 6.87. The van der Waals surface area contributed by atoms with Crippen molar-refractivity contribution in [2.75, 3.05) is 10.3 Å². The van der Waals surface area contributed by atoms with Crippen LogP contribution in [-0.2, 0) is 4.79 Å². The van der Waals surface area contributed by atoms with E-state index in [1.165, 1.54) is 12.1 Å². The predicted octanol–water partition coefficient (Wildman–Crippen LogP) is 4.39. The summed E-state index contributed by atoms with van der Waals surface area (Å²) >= 11 is 6.08. The third-order valence-corrected chi connectivity index (χ3v) is 5.18. The minimum atomic E-state index is -0.623. The maximum atomic E-state index is 12.9. The van der Waals surface area contributed by atoms with Crippen molar-refractivity contribution in [3.8, 4) is 0 Å². The summed E-state index contributed by atoms with van der Waals surface area (Å²) in [5.41, 5.74) is 8.32. The van der Waals surface area contributed by atoms with Crippen LogP contribution >= 0.6 is 11.6 Å². The van der Waals surface area contributed by atoms with E-state index in [9.17, 15) is 9.59 Å². The van der Waals surface area contributed by atoms with Crippen LogP contribution in [0.25, 0.3) is 0 Å². The highest BCUT2D eigenvalue weighted by molar-refractivity contribution is 6.44. The first kappa shape index (κ1) is 19.7. The zero-order chi connectivity index (χ0) is 21.1. The first-order valence-electron chi connectivity index (χ1n) is 9.40. The van der Waals surface area contributed by atoms with E-state index in [1.54, 1.807) is 6.07 Å². The molecule has 1 aliphatic heterocycles. The molecular formula is C23H19ClN4O2. The summed E-state index contributed by atoms with van der Waals surface area (Å²) in [6.45, 7) is 0. The van der Waals surface area contributed by atoms with Gasteiger partial charge < -0.3 is 11.1 Å². The summed E-state index contributed by atoms with van der Waals surface area (Å²) in [5, 5.41) is 9.46. The molecule has 0 fully saturated rings. The van der Waals surface area contributed by atoms with Gasteiger partial charge in [-0.2, -0.15) is 5.10 Å². The van der Waals surface area contributed by atoms with Crippen LogP contribution in [-0.4, -0.2) is 17.5 Å². The number of carbonyl (C=O) groups is 2. The highest BCUT2D eigenvalue weighted by Crippen LogP contribution is 2.35. The fraction of sp³-hybridized carbons (Fsp3) is 0.0870. The van der Waals surface area contributed by atoms with E-state index < -0.39 is 5.91 Å². The third kappa shape index (κ3) is 4.04. The van der Waals surface area contributed by atoms with E-state index in [-0.39, 0.29) is 22.5 Å². The molecule has 0 bridgehead atoms. The molecule has 4 rings (SSSR count). The largest absolute Gasteiger partial charge is 0.366 e. The van der Waals surface area contributed by atoms with Gasteiger partial charge in [0.05, 0.1) is 22.3 Å². The van der Waals surface area contributed by atoms with Gasteiger partial charge in [0.15, 0.2) is 0 Å². The van der Waals surface area contributed by atoms with E-state index >= 15 is 0 Å². The van der Waals surface area contributed by atoms with Gasteiger partial charge >= 0.3 is 0 Å². The Kier molecular flexibility index (Phi) is 5.50. The lowest BCUT2D eigenvalue weighted by molar-refractivity contribution is -0.110. The standard InChI is InChI=1S/C23H19ClN4O2/c24-19-13-16(11-12-18(19)22(25)29)26-23(30)20-14-21(15-7-3-1-4-8-15)28(27-20)17-9-5-2-6-10-17/h1-13,21H,14H2,(H2,25,29)(H,26,30). The number of nitrogens with zero attached hydrogens (tertiary/aromatic N) is 2. The lowest BCUT2D eigenvalue weighted by Crippen LogP contribution is -2.22. The van der Waals surface area contributed by atoms with Gasteiger partial charge in [0.2, 0.25) is 5.91 Å². The maximum absolute atomic E-state index is 12.9. The maximum Gasteiger partial charge on any atom is 0.271 e. The number of nitrogens with two attached hydrogens (primary N) is 1. The summed E-state index contributed by atoms with van der Waals surface area (Å²) in [7, 11) is 0. The van der Waals surface area contributed by atoms with Gasteiger partial charge in [-0.15, -0.1) is 0 Å². The second kappa shape index (κ2) is 8.39. The number of primary amides is 1. The SMILES string of the molecule is NC(=O)c1ccc(NC(=O)C2=NN(c3ccccc3)C(c3ccccc3)C2)cc1Cl. The molecule has 3 N–H and O–H groups in total. The van der Waals surface area contributed by atoms with Gasteiger partial charge in [-0.3, -0.25) is 14.6 Å². The average molecular weight is 419 g/mol. The molecule has 2 amide bonds. The van der Waals surface area contributed by atoms with Crippen molar-refractivity contribution in [3.05, 3.63) is 95.0 Å². The van der Waals surface area contributed by atoms with Crippen molar-refractivity contribution >= 4 is 40.5 Å². The zero-order valence-corrected chi connectivity index (χ0v) is 16.7. The molecule has 6 nitrogen and oxygen atoms in total. The number of hydrogen-bond donors (Lipinski definition) is 2. The molecule has 3 aromatic carbocycles. The Morgan fingerprint density at radius 1 is 1.00 bits per heavy atom. The van der Waals surface area contributed by atoms with E-state index in [0.29, 0.717) is 17.8 Å². The van der Waals surface area contributed by atoms with Crippen molar-refractivity contribution in [3.63, 3.8) is 0 Å². The highest BCUT2D eigenvalue weighted by Gasteiger charge is 2.32. The van der Waals surface area contributed by atoms with Crippen molar-refractivity contribution in [1.29, 1.82) is 0 Å². The van der Waals surface area contributed by atoms with Crippen LogP contribution in [0.3, 0.4) is 0 Å². The van der Waals surface area contributed by atoms with E-state index in [0.717, 1.165) is 11.3 Å². The number of rotatable bonds is 5. The van der Waals surface area contributed by atoms with E-state index in [4.69, 9.17) is 17.3 Å². The molecule has 7 heteroatoms. The molecule has 0 saturated heterocycles. The van der Waals surface area contributed by atoms with Crippen molar-refractivity contribution in [1.82, 2.24) is 0 Å². The number of carbonyl (C=O) groups excluding carboxylic acids is 2. The second-order valence-corrected chi connectivity index (χ2v) is 7.28. The Morgan fingerprint density at radius 3 is 2.30 bits per heavy atom. The summed E-state index contributed by atoms with van der Waals surface area (Å²) in [6, 6.07) is 24.2. The fourth-order valence-electron chi connectivity index (χ4n) is 3.40. The zero-order valence-electron chi connectivity index (χ0n) is 16.0. The molecule has 0 aromatic heterocycles. The van der Waals surface area contributed by atoms with E-state index in [1.807, 2.05) is 65.7 Å². The van der Waals surface area contributed by atoms with Crippen LogP contribution in [0.4, 0.5) is 11.4 Å². The number of nitrogens with one attached hydrogen (secondary N) is 1. The van der Waals surface area contributed by atoms with Crippen LogP contribution in [0.15, 0.2) is 84.0 Å². The number of para-hydroxylation sites is 1. The topological polar surface area (TPSA) is 87.8 Å². The van der Waals surface area contributed by atoms with Gasteiger partial charge in [-0.1, -0.05) is 60.1 Å². The quantitative estimate of drug-likeness (QED) is 0.644. The Balaban J connectivity index is 1.59. The minimum absolute atomic E-state index is 0.0878. The molecule has 0 spiro atoms. The number of hydrazone groups is 1. The van der Waals surface area contributed by atoms with Crippen LogP contribution in [0, 0.1) is 0 Å². The molecule has 150 valence electrons. The predicted molar refractivity (Wildman–Crippen MR) is 119 cm³/mol. The Hall–Kier alpha value is -3.64. The minimum Gasteiger partial charge on any atom is -0.366 e. The molecule has 1 heterocycles. The summed E-state index contributed by atoms with van der Waals surface area (Å²) in [6.07, 6.45) is 0.456. The van der Waals surface area contributed by atoms with Gasteiger partial charge in [0, 0.05) is 12.1 Å². The normalized spacial score (nSPS) is 15.6. The first-order valence-corrected chi connectivity index (χ1v) is 9.78. The van der Waals surface area contributed by atoms with Gasteiger partial charge in [0.25, 0.3) is 5.91 Å². The van der Waals surface area contributed by atoms with Crippen LogP contribution in [0.5, 0.6) is 0 Å². The van der Waals surface area contributed by atoms with Crippen molar-refractivity contribution < 1.29 is 9.59 Å². The summed E-state index contributed by atoms with van der Waals surface area (Å²) in [5.74, 6) is -0.945. The van der Waals surface area contributed by atoms with Crippen LogP contribution in [0.1, 0.15) is 28.4 Å². The monoisotopic (exact) mass is 418 g/mol. The summed E-state index contributed by atoms with van der Waals surface area (Å²) in [4.78, 5) is 24.2. The van der Waals surface area contributed by atoms with Crippen molar-refractivity contribution in [2.24, 2.45) is 10.8 Å². The van der Waals surface area contributed by atoms with Crippen LogP contribution in [0.2, 0.25) is 5.02 Å². The molecule has 1 unspecified atom stereocenters. The van der Waals surface area contributed by atoms with Gasteiger partial charge in [-0.25, -0.2) is 0 Å². The lowest BCUT2D eigenvalue weighted by Gasteiger charge is -2.23. The number of halogens is 1. The molecule has 0 saturated carbocycles. The highest BCUT2D eigenvalue weighted by atomic mass is 35.5. The molecule has 3 aromatic rings. The number of amides is 2. The Labute approximate surface area is 179 Å². The Morgan fingerprint density at radius 2 is 1.67 bits per heavy atom. The van der Waals surface area contributed by atoms with E-state index in [2.05, 4.69) is 10.4 Å². The molecule has 1 aliphatic rings. The smallest absolute Gasteiger partial charge is 0.271 e. The number of anilines is 2. The first-order chi connectivity index (χ1) is 14.5.